The highest BCUT2D eigenvalue weighted by Gasteiger charge is 2.53. The Balaban J connectivity index is 1.45. The summed E-state index contributed by atoms with van der Waals surface area (Å²) in [6, 6.07) is -1.13. The molecule has 2 saturated carbocycles. The molecule has 0 spiro atoms. The lowest BCUT2D eigenvalue weighted by Gasteiger charge is -2.42. The summed E-state index contributed by atoms with van der Waals surface area (Å²) >= 11 is 0. The third kappa shape index (κ3) is 12.3. The first-order valence-corrected chi connectivity index (χ1v) is 23.5. The molecule has 16 atom stereocenters. The van der Waals surface area contributed by atoms with Gasteiger partial charge in [0, 0.05) is 44.2 Å². The van der Waals surface area contributed by atoms with Crippen molar-refractivity contribution in [3.05, 3.63) is 47.6 Å². The van der Waals surface area contributed by atoms with Gasteiger partial charge in [-0.3, -0.25) is 19.2 Å². The molecule has 2 saturated heterocycles. The van der Waals surface area contributed by atoms with Crippen LogP contribution < -0.4 is 0 Å². The predicted molar refractivity (Wildman–Crippen MR) is 237 cm³/mol. The fraction of sp³-hybridized carbons (Fsp3) is 0.740. The Morgan fingerprint density at radius 1 is 0.873 bits per heavy atom. The molecular weight excluding hydrogens is 807 g/mol. The summed E-state index contributed by atoms with van der Waals surface area (Å²) < 4.78 is 17.8. The average Bonchev–Trinajstić information content (AvgIpc) is 3.82. The van der Waals surface area contributed by atoms with Crippen LogP contribution in [0.2, 0.25) is 0 Å². The molecule has 13 heteroatoms. The topological polar surface area (TPSA) is 197 Å². The largest absolute Gasteiger partial charge is 0.460 e. The van der Waals surface area contributed by atoms with Crippen molar-refractivity contribution in [2.75, 3.05) is 13.7 Å². The number of carbonyl (C=O) groups is 5. The number of carbonyl (C=O) groups excluding carboxylic acids is 5. The number of piperidine rings is 1. The van der Waals surface area contributed by atoms with Gasteiger partial charge in [0.1, 0.15) is 30.1 Å². The van der Waals surface area contributed by atoms with Gasteiger partial charge in [-0.05, 0) is 119 Å². The van der Waals surface area contributed by atoms with Crippen molar-refractivity contribution in [3.8, 4) is 0 Å². The molecule has 0 aromatic carbocycles. The zero-order valence-corrected chi connectivity index (χ0v) is 38.8. The van der Waals surface area contributed by atoms with E-state index in [4.69, 9.17) is 14.2 Å². The number of ether oxygens (including phenoxy) is 3. The van der Waals surface area contributed by atoms with Crippen molar-refractivity contribution in [2.45, 2.75) is 174 Å². The predicted octanol–water partition coefficient (Wildman–Crippen LogP) is 5.76. The first-order chi connectivity index (χ1) is 29.7. The number of nitrogens with zero attached hydrogens (tertiary/aromatic N) is 1. The molecule has 1 amide bonds. The number of aliphatic hydroxyl groups is 4. The molecule has 4 N–H and O–H groups in total. The standard InChI is InChI=1S/C50H75NO12/c1-28-14-10-9-11-15-29(2)40(52)26-38-18-17-34(7)50(60,63-38)47(57)48(58)51-19-13-12-16-39(51)49(59)62-43(31(4)22-35-23-37-24-36(35)25-42(37)54)27-41(53)30(3)21-33(6)45(56)46(61-8)44(55)32(5)20-28/h9-11,14-15,21,28,30-32,34-40,42-43,45-46,52,54,56,60H,12-13,16-20,22-27H2,1-8H3/b11-9+,14-10+,29-15+,33-21+/t28-,30-,31-,32-,34-,35+,36-,37+,38+,39+,40+,42+,43+,45-,46+,50-/m1/s1. The molecule has 0 unspecified atom stereocenters. The maximum Gasteiger partial charge on any atom is 0.329 e. The van der Waals surface area contributed by atoms with Crippen LogP contribution >= 0.6 is 0 Å². The van der Waals surface area contributed by atoms with Gasteiger partial charge in [-0.2, -0.15) is 0 Å². The first kappa shape index (κ1) is 50.7. The zero-order chi connectivity index (χ0) is 46.3. The third-order valence-electron chi connectivity index (χ3n) is 15.0. The van der Waals surface area contributed by atoms with Gasteiger partial charge in [0.05, 0.1) is 18.3 Å². The quantitative estimate of drug-likeness (QED) is 0.152. The van der Waals surface area contributed by atoms with E-state index in [9.17, 15) is 44.4 Å². The molecule has 3 heterocycles. The van der Waals surface area contributed by atoms with Gasteiger partial charge in [0.2, 0.25) is 5.79 Å². The van der Waals surface area contributed by atoms with E-state index >= 15 is 0 Å². The number of aliphatic hydroxyl groups excluding tert-OH is 3. The van der Waals surface area contributed by atoms with Crippen LogP contribution in [0.5, 0.6) is 0 Å². The summed E-state index contributed by atoms with van der Waals surface area (Å²) in [6.45, 7) is 12.6. The third-order valence-corrected chi connectivity index (χ3v) is 15.0. The Bertz CT molecular complexity index is 1770. The van der Waals surface area contributed by atoms with Crippen LogP contribution in [-0.4, -0.2) is 117 Å². The molecular formula is C50H75NO12. The molecule has 0 radical (unpaired) electrons. The summed E-state index contributed by atoms with van der Waals surface area (Å²) in [5.74, 6) is -7.22. The first-order valence-electron chi connectivity index (χ1n) is 23.5. The number of esters is 1. The summed E-state index contributed by atoms with van der Waals surface area (Å²) in [5.41, 5.74) is 1.02. The minimum Gasteiger partial charge on any atom is -0.460 e. The second-order valence-corrected chi connectivity index (χ2v) is 19.9. The Morgan fingerprint density at radius 2 is 1.60 bits per heavy atom. The highest BCUT2D eigenvalue weighted by molar-refractivity contribution is 6.39. The number of hydrogen-bond donors (Lipinski definition) is 4. The molecule has 5 rings (SSSR count). The number of cyclic esters (lactones) is 1. The molecule has 5 aliphatic rings. The van der Waals surface area contributed by atoms with E-state index in [0.717, 1.165) is 19.3 Å². The SMILES string of the molecule is CO[C@H]1C(=O)[C@H](C)C[C@H](C)/C=C/C=C/C=C(\C)[C@@H](O)C[C@@H]2CC[C@@H](C)[C@@](O)(O2)C(=O)C(=O)N2CCCC[C@H]2C(=O)O[C@H]([C@H](C)C[C@H]2C[C@H]3C[C@@H]2C[C@@H]3O)CC(=O)[C@H](C)/C=C(\C)[C@H]1O. The zero-order valence-electron chi connectivity index (χ0n) is 38.8. The van der Waals surface area contributed by atoms with Crippen LogP contribution in [0.4, 0.5) is 0 Å². The number of rotatable bonds is 4. The molecule has 13 nitrogen and oxygen atoms in total. The molecule has 4 bridgehead atoms. The number of hydrogen-bond acceptors (Lipinski definition) is 12. The summed E-state index contributed by atoms with van der Waals surface area (Å²) in [6.07, 6.45) is 11.3. The van der Waals surface area contributed by atoms with Gasteiger partial charge in [-0.1, -0.05) is 71.1 Å². The van der Waals surface area contributed by atoms with Gasteiger partial charge < -0.3 is 39.5 Å². The van der Waals surface area contributed by atoms with E-state index in [1.54, 1.807) is 52.8 Å². The van der Waals surface area contributed by atoms with Crippen LogP contribution in [0, 0.1) is 47.3 Å². The average molecular weight is 882 g/mol. The van der Waals surface area contributed by atoms with Crippen LogP contribution in [0.25, 0.3) is 0 Å². The van der Waals surface area contributed by atoms with Crippen molar-refractivity contribution in [3.63, 3.8) is 0 Å². The number of allylic oxidation sites excluding steroid dienone is 6. The van der Waals surface area contributed by atoms with E-state index in [-0.39, 0.29) is 61.2 Å². The van der Waals surface area contributed by atoms with Gasteiger partial charge in [-0.15, -0.1) is 0 Å². The number of fused-ring (bicyclic) bond motifs is 5. The minimum atomic E-state index is -2.47. The van der Waals surface area contributed by atoms with E-state index in [0.29, 0.717) is 61.5 Å². The van der Waals surface area contributed by atoms with Crippen LogP contribution in [0.15, 0.2) is 47.6 Å². The molecule has 4 fully saturated rings. The van der Waals surface area contributed by atoms with Crippen molar-refractivity contribution in [2.24, 2.45) is 47.3 Å². The maximum atomic E-state index is 14.3. The van der Waals surface area contributed by atoms with Crippen LogP contribution in [0.1, 0.15) is 126 Å². The Kier molecular flexibility index (Phi) is 17.9. The monoisotopic (exact) mass is 882 g/mol. The van der Waals surface area contributed by atoms with Crippen molar-refractivity contribution in [1.82, 2.24) is 4.90 Å². The number of ketones is 3. The molecule has 3 aliphatic heterocycles. The summed E-state index contributed by atoms with van der Waals surface area (Å²) in [5, 5.41) is 44.8. The lowest BCUT2D eigenvalue weighted by atomic mass is 9.79. The Labute approximate surface area is 374 Å². The summed E-state index contributed by atoms with van der Waals surface area (Å²) in [7, 11) is 1.38. The smallest absolute Gasteiger partial charge is 0.329 e. The van der Waals surface area contributed by atoms with Gasteiger partial charge in [0.15, 0.2) is 5.78 Å². The van der Waals surface area contributed by atoms with E-state index in [2.05, 4.69) is 0 Å². The second-order valence-electron chi connectivity index (χ2n) is 19.9. The van der Waals surface area contributed by atoms with Gasteiger partial charge in [-0.25, -0.2) is 4.79 Å². The second kappa shape index (κ2) is 22.2. The fourth-order valence-electron chi connectivity index (χ4n) is 10.8. The molecule has 0 aromatic rings. The molecule has 352 valence electrons. The maximum absolute atomic E-state index is 14.3. The van der Waals surface area contributed by atoms with Crippen molar-refractivity contribution < 1.29 is 58.6 Å². The fourth-order valence-corrected chi connectivity index (χ4v) is 10.8. The lowest BCUT2D eigenvalue weighted by molar-refractivity contribution is -0.265. The number of amides is 1. The van der Waals surface area contributed by atoms with Crippen LogP contribution in [0.3, 0.4) is 0 Å². The van der Waals surface area contributed by atoms with Crippen LogP contribution in [-0.2, 0) is 38.2 Å². The van der Waals surface area contributed by atoms with E-state index in [1.807, 2.05) is 32.1 Å². The number of Topliss-reactive ketones (excluding diaryl/α,β-unsaturated/α-hetero) is 3. The van der Waals surface area contributed by atoms with E-state index in [1.165, 1.54) is 12.0 Å². The highest BCUT2D eigenvalue weighted by Crippen LogP contribution is 2.51. The van der Waals surface area contributed by atoms with Gasteiger partial charge >= 0.3 is 5.97 Å². The highest BCUT2D eigenvalue weighted by atomic mass is 16.6. The van der Waals surface area contributed by atoms with Gasteiger partial charge in [0.25, 0.3) is 11.7 Å². The minimum absolute atomic E-state index is 0.00372. The molecule has 0 aromatic heterocycles. The lowest BCUT2D eigenvalue weighted by Crippen LogP contribution is -2.61. The normalized spacial score (nSPS) is 43.0. The Morgan fingerprint density at radius 3 is 2.27 bits per heavy atom. The number of methoxy groups -OCH3 is 1. The van der Waals surface area contributed by atoms with Crippen molar-refractivity contribution in [1.29, 1.82) is 0 Å². The molecule has 63 heavy (non-hydrogen) atoms. The van der Waals surface area contributed by atoms with Crippen molar-refractivity contribution >= 4 is 29.2 Å². The molecule has 2 aliphatic carbocycles. The van der Waals surface area contributed by atoms with E-state index < -0.39 is 77.8 Å². The Hall–Kier alpha value is -3.33. The summed E-state index contributed by atoms with van der Waals surface area (Å²) in [4.78, 5) is 71.4.